The average Bonchev–Trinajstić information content (AvgIpc) is 2.94. The van der Waals surface area contributed by atoms with Crippen LogP contribution in [0.25, 0.3) is 0 Å². The third-order valence-electron chi connectivity index (χ3n) is 4.76. The Kier molecular flexibility index (Phi) is 3.12. The minimum absolute atomic E-state index is 0.0601. The van der Waals surface area contributed by atoms with Gasteiger partial charge in [-0.25, -0.2) is 0 Å². The Morgan fingerprint density at radius 3 is 1.57 bits per heavy atom. The van der Waals surface area contributed by atoms with E-state index in [9.17, 15) is 4.79 Å². The van der Waals surface area contributed by atoms with E-state index >= 15 is 0 Å². The summed E-state index contributed by atoms with van der Waals surface area (Å²) >= 11 is 0. The molecule has 2 aromatic rings. The molecule has 4 rings (SSSR count). The number of benzene rings is 2. The number of fused-ring (bicyclic) bond motifs is 2. The van der Waals surface area contributed by atoms with E-state index < -0.39 is 0 Å². The Balaban J connectivity index is 1.75. The normalized spacial score (nSPS) is 31.3. The fourth-order valence-corrected chi connectivity index (χ4v) is 3.82. The molecule has 2 saturated heterocycles. The molecule has 0 saturated carbocycles. The highest BCUT2D eigenvalue weighted by Crippen LogP contribution is 2.46. The molecule has 2 nitrogen and oxygen atoms in total. The molecule has 2 aliphatic rings. The predicted octanol–water partition coefficient (Wildman–Crippen LogP) is 3.68. The topological polar surface area (TPSA) is 26.3 Å². The van der Waals surface area contributed by atoms with Gasteiger partial charge in [0.05, 0.1) is 24.0 Å². The second-order valence-corrected chi connectivity index (χ2v) is 5.97. The molecule has 0 radical (unpaired) electrons. The van der Waals surface area contributed by atoms with Crippen molar-refractivity contribution in [2.24, 2.45) is 0 Å². The Morgan fingerprint density at radius 1 is 0.714 bits per heavy atom. The summed E-state index contributed by atoms with van der Waals surface area (Å²) in [5, 5.41) is 0. The average molecular weight is 278 g/mol. The Morgan fingerprint density at radius 2 is 1.14 bits per heavy atom. The van der Waals surface area contributed by atoms with Gasteiger partial charge in [-0.1, -0.05) is 60.7 Å². The maximum atomic E-state index is 13.1. The molecule has 21 heavy (non-hydrogen) atoms. The molecule has 2 bridgehead atoms. The first-order valence-corrected chi connectivity index (χ1v) is 7.63. The second-order valence-electron chi connectivity index (χ2n) is 5.97. The quantitative estimate of drug-likeness (QED) is 0.837. The first-order chi connectivity index (χ1) is 10.3. The highest BCUT2D eigenvalue weighted by Gasteiger charge is 2.49. The van der Waals surface area contributed by atoms with E-state index in [0.29, 0.717) is 5.78 Å². The van der Waals surface area contributed by atoms with Crippen LogP contribution >= 0.6 is 0 Å². The third-order valence-corrected chi connectivity index (χ3v) is 4.76. The summed E-state index contributed by atoms with van der Waals surface area (Å²) < 4.78 is 6.18. The van der Waals surface area contributed by atoms with Crippen molar-refractivity contribution < 1.29 is 9.53 Å². The van der Waals surface area contributed by atoms with Gasteiger partial charge in [0.1, 0.15) is 0 Å². The van der Waals surface area contributed by atoms with Crippen molar-refractivity contribution in [3.63, 3.8) is 0 Å². The minimum atomic E-state index is -0.116. The van der Waals surface area contributed by atoms with Crippen LogP contribution in [0.15, 0.2) is 60.7 Å². The van der Waals surface area contributed by atoms with Gasteiger partial charge < -0.3 is 4.74 Å². The van der Waals surface area contributed by atoms with Crippen molar-refractivity contribution >= 4 is 5.78 Å². The van der Waals surface area contributed by atoms with Gasteiger partial charge in [-0.15, -0.1) is 0 Å². The van der Waals surface area contributed by atoms with Gasteiger partial charge in [-0.05, 0) is 24.0 Å². The number of Topliss-reactive ketones (excluding diaryl/α,β-unsaturated/α-hetero) is 1. The molecular formula is C19H18O2. The van der Waals surface area contributed by atoms with E-state index in [4.69, 9.17) is 4.74 Å². The molecule has 2 fully saturated rings. The van der Waals surface area contributed by atoms with Gasteiger partial charge in [-0.3, -0.25) is 4.79 Å². The summed E-state index contributed by atoms with van der Waals surface area (Å²) in [6, 6.07) is 20.2. The second kappa shape index (κ2) is 5.12. The fraction of sp³-hybridized carbons (Fsp3) is 0.316. The zero-order chi connectivity index (χ0) is 14.2. The summed E-state index contributed by atoms with van der Waals surface area (Å²) in [6.45, 7) is 0. The number of ketones is 1. The maximum Gasteiger partial charge on any atom is 0.152 e. The molecule has 2 aromatic carbocycles. The number of hydrogen-bond donors (Lipinski definition) is 0. The van der Waals surface area contributed by atoms with E-state index in [-0.39, 0.29) is 24.0 Å². The number of rotatable bonds is 2. The Hall–Kier alpha value is -1.93. The molecule has 4 atom stereocenters. The van der Waals surface area contributed by atoms with Gasteiger partial charge in [0.25, 0.3) is 0 Å². The minimum Gasteiger partial charge on any atom is -0.373 e. The molecule has 0 amide bonds. The summed E-state index contributed by atoms with van der Waals surface area (Å²) in [5.74, 6) is 0.0939. The van der Waals surface area contributed by atoms with Crippen LogP contribution in [-0.2, 0) is 9.53 Å². The maximum absolute atomic E-state index is 13.1. The van der Waals surface area contributed by atoms with Crippen LogP contribution in [-0.4, -0.2) is 18.0 Å². The van der Waals surface area contributed by atoms with E-state index in [1.165, 1.54) is 0 Å². The summed E-state index contributed by atoms with van der Waals surface area (Å²) in [6.07, 6.45) is 2.09. The molecule has 0 unspecified atom stereocenters. The van der Waals surface area contributed by atoms with E-state index in [2.05, 4.69) is 0 Å². The van der Waals surface area contributed by atoms with Crippen LogP contribution < -0.4 is 0 Å². The van der Waals surface area contributed by atoms with Crippen molar-refractivity contribution in [2.75, 3.05) is 0 Å². The summed E-state index contributed by atoms with van der Waals surface area (Å²) in [5.41, 5.74) is 2.18. The first kappa shape index (κ1) is 12.8. The zero-order valence-electron chi connectivity index (χ0n) is 11.8. The predicted molar refractivity (Wildman–Crippen MR) is 81.3 cm³/mol. The van der Waals surface area contributed by atoms with Crippen LogP contribution in [0.3, 0.4) is 0 Å². The molecule has 106 valence electrons. The van der Waals surface area contributed by atoms with E-state index in [0.717, 1.165) is 24.0 Å². The number of carbonyl (C=O) groups is 1. The number of carbonyl (C=O) groups excluding carboxylic acids is 1. The molecule has 0 aliphatic carbocycles. The lowest BCUT2D eigenvalue weighted by atomic mass is 9.78. The van der Waals surface area contributed by atoms with Crippen molar-refractivity contribution in [3.05, 3.63) is 71.8 Å². The summed E-state index contributed by atoms with van der Waals surface area (Å²) in [4.78, 5) is 13.1. The van der Waals surface area contributed by atoms with Crippen LogP contribution in [0.4, 0.5) is 0 Å². The van der Waals surface area contributed by atoms with Gasteiger partial charge in [0.15, 0.2) is 5.78 Å². The van der Waals surface area contributed by atoms with E-state index in [1.807, 2.05) is 60.7 Å². The van der Waals surface area contributed by atoms with Gasteiger partial charge in [0, 0.05) is 0 Å². The van der Waals surface area contributed by atoms with Crippen molar-refractivity contribution in [1.82, 2.24) is 0 Å². The van der Waals surface area contributed by atoms with Gasteiger partial charge in [-0.2, -0.15) is 0 Å². The van der Waals surface area contributed by atoms with Crippen LogP contribution in [0.1, 0.15) is 35.8 Å². The monoisotopic (exact) mass is 278 g/mol. The molecule has 2 heteroatoms. The zero-order valence-corrected chi connectivity index (χ0v) is 11.8. The first-order valence-electron chi connectivity index (χ1n) is 7.63. The van der Waals surface area contributed by atoms with Crippen molar-refractivity contribution in [1.29, 1.82) is 0 Å². The van der Waals surface area contributed by atoms with Crippen molar-refractivity contribution in [3.8, 4) is 0 Å². The van der Waals surface area contributed by atoms with Crippen LogP contribution in [0.5, 0.6) is 0 Å². The largest absolute Gasteiger partial charge is 0.373 e. The molecule has 2 aliphatic heterocycles. The molecule has 0 spiro atoms. The number of ether oxygens (including phenoxy) is 1. The molecule has 2 heterocycles. The van der Waals surface area contributed by atoms with Gasteiger partial charge in [0.2, 0.25) is 0 Å². The lowest BCUT2D eigenvalue weighted by Gasteiger charge is -2.34. The molecular weight excluding hydrogens is 260 g/mol. The standard InChI is InChI=1S/C19H18O2/c20-19-17(13-7-3-1-4-8-13)15-11-12-16(21-15)18(19)14-9-5-2-6-10-14/h1-10,15-18H,11-12H2/t15-,16+,17-,18-/m0/s1. The molecule has 0 N–H and O–H groups in total. The highest BCUT2D eigenvalue weighted by atomic mass is 16.5. The Labute approximate surface area is 124 Å². The van der Waals surface area contributed by atoms with E-state index in [1.54, 1.807) is 0 Å². The lowest BCUT2D eigenvalue weighted by molar-refractivity contribution is -0.135. The SMILES string of the molecule is O=C1[C@@H](c2ccccc2)[C@@H]2CC[C@@H](O2)[C@@H]1c1ccccc1. The van der Waals surface area contributed by atoms with Gasteiger partial charge >= 0.3 is 0 Å². The third kappa shape index (κ3) is 2.11. The summed E-state index contributed by atoms with van der Waals surface area (Å²) in [7, 11) is 0. The highest BCUT2D eigenvalue weighted by molar-refractivity contribution is 5.94. The van der Waals surface area contributed by atoms with Crippen molar-refractivity contribution in [2.45, 2.75) is 36.9 Å². The number of hydrogen-bond acceptors (Lipinski definition) is 2. The fourth-order valence-electron chi connectivity index (χ4n) is 3.82. The Bertz CT molecular complexity index is 580. The van der Waals surface area contributed by atoms with Crippen LogP contribution in [0.2, 0.25) is 0 Å². The smallest absolute Gasteiger partial charge is 0.152 e. The van der Waals surface area contributed by atoms with Crippen LogP contribution in [0, 0.1) is 0 Å². The molecule has 0 aromatic heterocycles. The lowest BCUT2D eigenvalue weighted by Crippen LogP contribution is -2.40.